The predicted molar refractivity (Wildman–Crippen MR) is 129 cm³/mol. The normalized spacial score (nSPS) is 27.2. The quantitative estimate of drug-likeness (QED) is 0.522. The summed E-state index contributed by atoms with van der Waals surface area (Å²) in [6.45, 7) is 1.41. The Morgan fingerprint density at radius 1 is 1.31 bits per heavy atom. The molecule has 3 N–H and O–H groups in total. The summed E-state index contributed by atoms with van der Waals surface area (Å²) in [6, 6.07) is 5.88. The molecule has 11 nitrogen and oxygen atoms in total. The molecule has 0 bridgehead atoms. The molecule has 1 saturated heterocycles. The largest absolute Gasteiger partial charge is 0.381 e. The van der Waals surface area contributed by atoms with E-state index in [4.69, 9.17) is 15.2 Å². The molecule has 0 aromatic carbocycles. The number of nitrogens with one attached hydrogen (secondary N) is 1. The lowest BCUT2D eigenvalue weighted by Crippen LogP contribution is -2.32. The molecule has 0 radical (unpaired) electrons. The Hall–Kier alpha value is -3.44. The highest BCUT2D eigenvalue weighted by Gasteiger charge is 2.55. The summed E-state index contributed by atoms with van der Waals surface area (Å²) >= 11 is 0. The van der Waals surface area contributed by atoms with Crippen LogP contribution in [0.25, 0.3) is 5.65 Å². The first kappa shape index (κ1) is 22.1. The zero-order chi connectivity index (χ0) is 24.3. The van der Waals surface area contributed by atoms with Crippen LogP contribution >= 0.6 is 0 Å². The number of pyridine rings is 1. The van der Waals surface area contributed by atoms with E-state index in [1.165, 1.54) is 6.20 Å². The Kier molecular flexibility index (Phi) is 5.26. The van der Waals surface area contributed by atoms with Crippen LogP contribution in [0.15, 0.2) is 35.4 Å². The number of aromatic nitrogens is 4. The van der Waals surface area contributed by atoms with Crippen molar-refractivity contribution < 1.29 is 14.3 Å². The second-order valence-corrected chi connectivity index (χ2v) is 9.71. The van der Waals surface area contributed by atoms with Gasteiger partial charge in [0.05, 0.1) is 25.5 Å². The Labute approximate surface area is 201 Å². The van der Waals surface area contributed by atoms with Gasteiger partial charge in [0.15, 0.2) is 5.65 Å². The minimum atomic E-state index is -0.608. The molecule has 11 heteroatoms. The van der Waals surface area contributed by atoms with Gasteiger partial charge < -0.3 is 30.0 Å². The summed E-state index contributed by atoms with van der Waals surface area (Å²) in [5, 5.41) is 7.58. The van der Waals surface area contributed by atoms with Crippen LogP contribution in [0.3, 0.4) is 0 Å². The fraction of sp³-hybridized carbons (Fsp3) is 0.500. The summed E-state index contributed by atoms with van der Waals surface area (Å²) in [6.07, 6.45) is 6.32. The molecule has 6 rings (SSSR count). The Morgan fingerprint density at radius 3 is 2.83 bits per heavy atom. The minimum Gasteiger partial charge on any atom is -0.381 e. The number of carbonyl (C=O) groups is 1. The van der Waals surface area contributed by atoms with Crippen LogP contribution < -0.4 is 21.5 Å². The molecule has 2 unspecified atom stereocenters. The summed E-state index contributed by atoms with van der Waals surface area (Å²) in [4.78, 5) is 32.1. The fourth-order valence-corrected chi connectivity index (χ4v) is 5.71. The smallest absolute Gasteiger partial charge is 0.274 e. The topological polar surface area (TPSA) is 129 Å². The zero-order valence-corrected chi connectivity index (χ0v) is 19.8. The fourth-order valence-electron chi connectivity index (χ4n) is 5.71. The number of nitrogens with zero attached hydrogens (tertiary/aromatic N) is 5. The third-order valence-electron chi connectivity index (χ3n) is 7.78. The van der Waals surface area contributed by atoms with E-state index in [2.05, 4.69) is 20.3 Å². The van der Waals surface area contributed by atoms with Crippen LogP contribution in [0.5, 0.6) is 0 Å². The molecule has 2 saturated carbocycles. The third kappa shape index (κ3) is 3.66. The van der Waals surface area contributed by atoms with Crippen molar-refractivity contribution >= 4 is 28.9 Å². The number of fused-ring (bicyclic) bond motifs is 2. The van der Waals surface area contributed by atoms with Gasteiger partial charge in [0.1, 0.15) is 22.9 Å². The number of amides is 1. The Morgan fingerprint density at radius 2 is 2.11 bits per heavy atom. The summed E-state index contributed by atoms with van der Waals surface area (Å²) in [7, 11) is 3.73. The van der Waals surface area contributed by atoms with Crippen LogP contribution in [0.1, 0.15) is 35.7 Å². The van der Waals surface area contributed by atoms with Crippen molar-refractivity contribution in [2.45, 2.75) is 37.5 Å². The van der Waals surface area contributed by atoms with Crippen LogP contribution in [0.2, 0.25) is 0 Å². The van der Waals surface area contributed by atoms with Gasteiger partial charge >= 0.3 is 0 Å². The lowest BCUT2D eigenvalue weighted by atomic mass is 10.2. The van der Waals surface area contributed by atoms with Gasteiger partial charge in [0.2, 0.25) is 0 Å². The molecule has 2 aliphatic carbocycles. The molecule has 184 valence electrons. The zero-order valence-electron chi connectivity index (χ0n) is 19.8. The highest BCUT2D eigenvalue weighted by molar-refractivity contribution is 5.99. The van der Waals surface area contributed by atoms with Crippen molar-refractivity contribution in [1.29, 1.82) is 0 Å². The standard InChI is InChI=1S/C24H29N7O4/c1-29(13-5-6-14(8-13)34-2)20-9-19(28-23-15(22(25)32)10-26-31(20)23)27-18-4-3-7-30(24(18)33)21-16-11-35-12-17(16)21/h3-4,7,9-10,13-14,16-17,21H,5-6,8,11-12H2,1-2H3,(H2,25,32)(H,27,28)/t13-,14-,16?,17?,21?/m1/s1. The van der Waals surface area contributed by atoms with Crippen molar-refractivity contribution in [1.82, 2.24) is 19.2 Å². The molecule has 4 atom stereocenters. The van der Waals surface area contributed by atoms with Gasteiger partial charge in [-0.05, 0) is 31.4 Å². The molecule has 3 aliphatic rings. The van der Waals surface area contributed by atoms with Gasteiger partial charge in [0.25, 0.3) is 11.5 Å². The summed E-state index contributed by atoms with van der Waals surface area (Å²) in [5.41, 5.74) is 6.48. The van der Waals surface area contributed by atoms with Gasteiger partial charge in [-0.2, -0.15) is 9.61 Å². The first-order chi connectivity index (χ1) is 17.0. The number of hydrogen-bond acceptors (Lipinski definition) is 8. The van der Waals surface area contributed by atoms with Crippen molar-refractivity contribution in [3.63, 3.8) is 0 Å². The van der Waals surface area contributed by atoms with E-state index in [-0.39, 0.29) is 29.3 Å². The number of primary amides is 1. The van der Waals surface area contributed by atoms with Gasteiger partial charge in [-0.15, -0.1) is 0 Å². The maximum absolute atomic E-state index is 13.3. The summed E-state index contributed by atoms with van der Waals surface area (Å²) in [5.74, 6) is 1.40. The van der Waals surface area contributed by atoms with Gasteiger partial charge in [-0.3, -0.25) is 9.59 Å². The molecule has 4 heterocycles. The van der Waals surface area contributed by atoms with E-state index < -0.39 is 5.91 Å². The van der Waals surface area contributed by atoms with Crippen LogP contribution in [-0.4, -0.2) is 64.6 Å². The second kappa shape index (κ2) is 8.35. The maximum atomic E-state index is 13.3. The van der Waals surface area contributed by atoms with E-state index in [1.807, 2.05) is 25.4 Å². The predicted octanol–water partition coefficient (Wildman–Crippen LogP) is 1.55. The highest BCUT2D eigenvalue weighted by Crippen LogP contribution is 2.53. The van der Waals surface area contributed by atoms with Crippen molar-refractivity contribution in [3.05, 3.63) is 46.5 Å². The molecule has 35 heavy (non-hydrogen) atoms. The van der Waals surface area contributed by atoms with E-state index in [9.17, 15) is 9.59 Å². The minimum absolute atomic E-state index is 0.106. The average Bonchev–Trinajstić information content (AvgIpc) is 3.32. The van der Waals surface area contributed by atoms with Crippen molar-refractivity contribution in [2.75, 3.05) is 37.6 Å². The van der Waals surface area contributed by atoms with Gasteiger partial charge in [-0.25, -0.2) is 4.98 Å². The van der Waals surface area contributed by atoms with Crippen LogP contribution in [0.4, 0.5) is 17.3 Å². The number of hydrogen-bond donors (Lipinski definition) is 2. The number of rotatable bonds is 7. The molecule has 1 amide bonds. The second-order valence-electron chi connectivity index (χ2n) is 9.71. The Bertz CT molecular complexity index is 1340. The van der Waals surface area contributed by atoms with E-state index in [1.54, 1.807) is 22.3 Å². The number of methoxy groups -OCH3 is 1. The molecule has 1 aliphatic heterocycles. The van der Waals surface area contributed by atoms with E-state index in [0.717, 1.165) is 25.1 Å². The maximum Gasteiger partial charge on any atom is 0.274 e. The first-order valence-electron chi connectivity index (χ1n) is 12.0. The van der Waals surface area contributed by atoms with Crippen molar-refractivity contribution in [3.8, 4) is 0 Å². The molecule has 0 spiro atoms. The highest BCUT2D eigenvalue weighted by atomic mass is 16.5. The Balaban J connectivity index is 1.37. The van der Waals surface area contributed by atoms with E-state index in [0.29, 0.717) is 42.2 Å². The molecular formula is C24H29N7O4. The molecular weight excluding hydrogens is 450 g/mol. The lowest BCUT2D eigenvalue weighted by molar-refractivity contribution is 0.100. The van der Waals surface area contributed by atoms with Gasteiger partial charge in [0, 0.05) is 50.3 Å². The SMILES string of the molecule is CO[C@@H]1CC[C@@H](N(C)c2cc(Nc3cccn(C4C5COCC54)c3=O)nc3c(C(N)=O)cnn23)C1. The van der Waals surface area contributed by atoms with Crippen LogP contribution in [-0.2, 0) is 9.47 Å². The van der Waals surface area contributed by atoms with Gasteiger partial charge in [-0.1, -0.05) is 0 Å². The summed E-state index contributed by atoms with van der Waals surface area (Å²) < 4.78 is 14.4. The lowest BCUT2D eigenvalue weighted by Gasteiger charge is -2.27. The number of nitrogens with two attached hydrogens (primary N) is 1. The average molecular weight is 480 g/mol. The third-order valence-corrected chi connectivity index (χ3v) is 7.78. The molecule has 3 fully saturated rings. The first-order valence-corrected chi connectivity index (χ1v) is 12.0. The number of ether oxygens (including phenoxy) is 2. The molecule has 3 aromatic heterocycles. The number of anilines is 3. The monoisotopic (exact) mass is 479 g/mol. The molecule has 3 aromatic rings. The van der Waals surface area contributed by atoms with E-state index >= 15 is 0 Å². The number of carbonyl (C=O) groups excluding carboxylic acids is 1. The van der Waals surface area contributed by atoms with Crippen LogP contribution in [0, 0.1) is 11.8 Å². The van der Waals surface area contributed by atoms with Crippen molar-refractivity contribution in [2.24, 2.45) is 17.6 Å².